The Morgan fingerprint density at radius 3 is 2.45 bits per heavy atom. The van der Waals surface area contributed by atoms with Gasteiger partial charge in [-0.25, -0.2) is 0 Å². The van der Waals surface area contributed by atoms with E-state index in [2.05, 4.69) is 0 Å². The highest BCUT2D eigenvalue weighted by Gasteiger charge is 2.24. The second-order valence-corrected chi connectivity index (χ2v) is 5.09. The topological polar surface area (TPSA) is 107 Å². The van der Waals surface area contributed by atoms with Crippen molar-refractivity contribution in [1.29, 1.82) is 0 Å². The van der Waals surface area contributed by atoms with Crippen molar-refractivity contribution in [2.24, 2.45) is 17.6 Å². The van der Waals surface area contributed by atoms with Crippen molar-refractivity contribution in [2.45, 2.75) is 19.4 Å². The van der Waals surface area contributed by atoms with Gasteiger partial charge in [0.1, 0.15) is 6.04 Å². The molecule has 0 heterocycles. The van der Waals surface area contributed by atoms with Crippen LogP contribution in [-0.2, 0) is 4.79 Å². The van der Waals surface area contributed by atoms with Crippen LogP contribution >= 0.6 is 0 Å². The minimum atomic E-state index is -0.984. The molecule has 0 amide bonds. The van der Waals surface area contributed by atoms with Crippen molar-refractivity contribution in [2.75, 3.05) is 26.3 Å². The molecule has 1 aliphatic rings. The van der Waals surface area contributed by atoms with Crippen LogP contribution in [0.3, 0.4) is 0 Å². The summed E-state index contributed by atoms with van der Waals surface area (Å²) in [5, 5.41) is 26.9. The summed E-state index contributed by atoms with van der Waals surface area (Å²) >= 11 is 0. The van der Waals surface area contributed by atoms with Crippen molar-refractivity contribution in [1.82, 2.24) is 4.90 Å². The molecular formula is C14H24N2O4. The van der Waals surface area contributed by atoms with Gasteiger partial charge in [-0.15, -0.1) is 0 Å². The van der Waals surface area contributed by atoms with Gasteiger partial charge < -0.3 is 26.0 Å². The number of hydrogen-bond acceptors (Lipinski definition) is 5. The number of carboxylic acids is 1. The molecule has 0 aliphatic heterocycles. The third kappa shape index (κ3) is 4.63. The average Bonchev–Trinajstić information content (AvgIpc) is 2.40. The van der Waals surface area contributed by atoms with Crippen molar-refractivity contribution < 1.29 is 20.1 Å². The highest BCUT2D eigenvalue weighted by molar-refractivity contribution is 5.73. The second-order valence-electron chi connectivity index (χ2n) is 5.09. The highest BCUT2D eigenvalue weighted by atomic mass is 16.4. The molecule has 0 bridgehead atoms. The normalized spacial score (nSPS) is 23.3. The lowest BCUT2D eigenvalue weighted by atomic mass is 9.84. The predicted molar refractivity (Wildman–Crippen MR) is 75.8 cm³/mol. The molecule has 0 saturated carbocycles. The summed E-state index contributed by atoms with van der Waals surface area (Å²) < 4.78 is 0. The maximum Gasteiger partial charge on any atom is 0.320 e. The molecule has 0 fully saturated rings. The minimum Gasteiger partial charge on any atom is -0.480 e. The third-order valence-corrected chi connectivity index (χ3v) is 3.57. The van der Waals surface area contributed by atoms with E-state index < -0.39 is 12.0 Å². The van der Waals surface area contributed by atoms with Crippen LogP contribution in [0.4, 0.5) is 0 Å². The molecule has 0 aromatic rings. The van der Waals surface area contributed by atoms with Gasteiger partial charge in [-0.3, -0.25) is 4.79 Å². The van der Waals surface area contributed by atoms with Gasteiger partial charge in [-0.2, -0.15) is 0 Å². The fraction of sp³-hybridized carbons (Fsp3) is 0.643. The van der Waals surface area contributed by atoms with Crippen molar-refractivity contribution >= 4 is 5.97 Å². The molecule has 3 atom stereocenters. The lowest BCUT2D eigenvalue weighted by Crippen LogP contribution is -2.35. The van der Waals surface area contributed by atoms with E-state index in [1.165, 1.54) is 0 Å². The molecule has 20 heavy (non-hydrogen) atoms. The van der Waals surface area contributed by atoms with Crippen LogP contribution in [-0.4, -0.2) is 58.5 Å². The lowest BCUT2D eigenvalue weighted by Gasteiger charge is -2.30. The van der Waals surface area contributed by atoms with Crippen LogP contribution < -0.4 is 5.73 Å². The Balaban J connectivity index is 2.68. The van der Waals surface area contributed by atoms with Crippen LogP contribution in [0.2, 0.25) is 0 Å². The summed E-state index contributed by atoms with van der Waals surface area (Å²) in [4.78, 5) is 12.7. The Morgan fingerprint density at radius 1 is 1.40 bits per heavy atom. The maximum atomic E-state index is 10.8. The van der Waals surface area contributed by atoms with Gasteiger partial charge in [-0.1, -0.05) is 19.1 Å². The molecule has 0 aromatic carbocycles. The zero-order valence-corrected chi connectivity index (χ0v) is 11.8. The summed E-state index contributed by atoms with van der Waals surface area (Å²) in [5.74, 6) is -0.724. The van der Waals surface area contributed by atoms with E-state index in [4.69, 9.17) is 21.1 Å². The second kappa shape index (κ2) is 8.04. The van der Waals surface area contributed by atoms with Gasteiger partial charge in [0.2, 0.25) is 0 Å². The van der Waals surface area contributed by atoms with Crippen LogP contribution in [0.5, 0.6) is 0 Å². The first-order valence-corrected chi connectivity index (χ1v) is 6.84. The molecule has 5 N–H and O–H groups in total. The number of aliphatic hydroxyl groups is 2. The van der Waals surface area contributed by atoms with Crippen LogP contribution in [0.1, 0.15) is 13.3 Å². The monoisotopic (exact) mass is 284 g/mol. The Hall–Kier alpha value is -1.37. The Kier molecular flexibility index (Phi) is 6.70. The zero-order valence-electron chi connectivity index (χ0n) is 11.8. The highest BCUT2D eigenvalue weighted by Crippen LogP contribution is 2.27. The van der Waals surface area contributed by atoms with E-state index in [1.54, 1.807) is 0 Å². The van der Waals surface area contributed by atoms with Gasteiger partial charge in [-0.05, 0) is 24.3 Å². The number of rotatable bonds is 8. The quantitative estimate of drug-likeness (QED) is 0.491. The third-order valence-electron chi connectivity index (χ3n) is 3.57. The molecule has 3 unspecified atom stereocenters. The first kappa shape index (κ1) is 16.7. The van der Waals surface area contributed by atoms with E-state index in [-0.39, 0.29) is 25.0 Å². The number of aliphatic carboxylic acids is 1. The molecule has 1 rings (SSSR count). The van der Waals surface area contributed by atoms with E-state index in [9.17, 15) is 4.79 Å². The number of aliphatic hydroxyl groups excluding tert-OH is 2. The van der Waals surface area contributed by atoms with Crippen LogP contribution in [0, 0.1) is 11.8 Å². The number of carboxylic acid groups (broad SMARTS) is 1. The van der Waals surface area contributed by atoms with Gasteiger partial charge >= 0.3 is 5.97 Å². The standard InChI is InChI=1S/C14H24N2O4/c1-10-8-12(16(4-6-17)5-7-18)3-2-11(10)9-13(15)14(19)20/h2-3,8,10-11,13,17-18H,4-7,9,15H2,1H3,(H,19,20). The number of carbonyl (C=O) groups is 1. The fourth-order valence-electron chi connectivity index (χ4n) is 2.36. The predicted octanol–water partition coefficient (Wildman–Crippen LogP) is -0.219. The van der Waals surface area contributed by atoms with Gasteiger partial charge in [0.25, 0.3) is 0 Å². The summed E-state index contributed by atoms with van der Waals surface area (Å²) in [7, 11) is 0. The lowest BCUT2D eigenvalue weighted by molar-refractivity contribution is -0.138. The van der Waals surface area contributed by atoms with Crippen molar-refractivity contribution in [3.05, 3.63) is 23.9 Å². The molecular weight excluding hydrogens is 260 g/mol. The van der Waals surface area contributed by atoms with Crippen LogP contribution in [0.15, 0.2) is 23.9 Å². The van der Waals surface area contributed by atoms with Crippen molar-refractivity contribution in [3.8, 4) is 0 Å². The molecule has 0 aromatic heterocycles. The van der Waals surface area contributed by atoms with E-state index in [1.807, 2.05) is 30.1 Å². The maximum absolute atomic E-state index is 10.8. The summed E-state index contributed by atoms with van der Waals surface area (Å²) in [6, 6.07) is -0.854. The largest absolute Gasteiger partial charge is 0.480 e. The minimum absolute atomic E-state index is 0.0207. The average molecular weight is 284 g/mol. The molecule has 1 aliphatic carbocycles. The first-order valence-electron chi connectivity index (χ1n) is 6.84. The smallest absolute Gasteiger partial charge is 0.320 e. The molecule has 0 radical (unpaired) electrons. The molecule has 6 nitrogen and oxygen atoms in total. The molecule has 114 valence electrons. The van der Waals surface area contributed by atoms with Crippen molar-refractivity contribution in [3.63, 3.8) is 0 Å². The summed E-state index contributed by atoms with van der Waals surface area (Å²) in [6.45, 7) is 2.98. The molecule has 0 saturated heterocycles. The Bertz CT molecular complexity index is 375. The molecule has 0 spiro atoms. The van der Waals surface area contributed by atoms with Crippen LogP contribution in [0.25, 0.3) is 0 Å². The van der Waals surface area contributed by atoms with E-state index in [0.717, 1.165) is 5.70 Å². The Labute approximate surface area is 119 Å². The fourth-order valence-corrected chi connectivity index (χ4v) is 2.36. The van der Waals surface area contributed by atoms with Gasteiger partial charge in [0.15, 0.2) is 0 Å². The summed E-state index contributed by atoms with van der Waals surface area (Å²) in [5.41, 5.74) is 6.51. The number of hydrogen-bond donors (Lipinski definition) is 4. The molecule has 6 heteroatoms. The Morgan fingerprint density at radius 2 is 2.00 bits per heavy atom. The van der Waals surface area contributed by atoms with Gasteiger partial charge in [0.05, 0.1) is 13.2 Å². The van der Waals surface area contributed by atoms with Gasteiger partial charge in [0, 0.05) is 18.8 Å². The zero-order chi connectivity index (χ0) is 15.1. The van der Waals surface area contributed by atoms with E-state index >= 15 is 0 Å². The number of allylic oxidation sites excluding steroid dienone is 3. The number of nitrogens with two attached hydrogens (primary N) is 1. The number of nitrogens with zero attached hydrogens (tertiary/aromatic N) is 1. The SMILES string of the molecule is CC1C=C(N(CCO)CCO)C=CC1CC(N)C(=O)O. The first-order chi connectivity index (χ1) is 9.49. The van der Waals surface area contributed by atoms with E-state index in [0.29, 0.717) is 19.5 Å². The summed E-state index contributed by atoms with van der Waals surface area (Å²) in [6.07, 6.45) is 6.30.